The van der Waals surface area contributed by atoms with E-state index < -0.39 is 6.04 Å². The van der Waals surface area contributed by atoms with Crippen LogP contribution in [0.25, 0.3) is 10.9 Å². The maximum absolute atomic E-state index is 14.4. The highest BCUT2D eigenvalue weighted by molar-refractivity contribution is 6.32. The van der Waals surface area contributed by atoms with Crippen molar-refractivity contribution in [2.24, 2.45) is 4.99 Å². The number of aromatic amines is 1. The molecule has 1 aliphatic carbocycles. The summed E-state index contributed by atoms with van der Waals surface area (Å²) in [5, 5.41) is 1.80. The quantitative estimate of drug-likeness (QED) is 0.296. The first-order valence-corrected chi connectivity index (χ1v) is 13.4. The molecular weight excluding hydrogens is 466 g/mol. The normalized spacial score (nSPS) is 19.0. The minimum atomic E-state index is -0.520. The molecule has 4 nitrogen and oxygen atoms in total. The van der Waals surface area contributed by atoms with Gasteiger partial charge in [0.1, 0.15) is 6.04 Å². The van der Waals surface area contributed by atoms with E-state index in [1.807, 2.05) is 54.7 Å². The first-order chi connectivity index (χ1) is 17.7. The largest absolute Gasteiger partial charge is 0.361 e. The summed E-state index contributed by atoms with van der Waals surface area (Å²) in [6, 6.07) is 24.0. The van der Waals surface area contributed by atoms with E-state index in [1.165, 1.54) is 12.8 Å². The average Bonchev–Trinajstić information content (AvgIpc) is 3.06. The van der Waals surface area contributed by atoms with Gasteiger partial charge in [0.25, 0.3) is 5.91 Å². The topological polar surface area (TPSA) is 48.5 Å². The van der Waals surface area contributed by atoms with Crippen molar-refractivity contribution in [1.29, 1.82) is 0 Å². The Hall–Kier alpha value is -3.37. The van der Waals surface area contributed by atoms with Gasteiger partial charge in [0.15, 0.2) is 0 Å². The predicted octanol–water partition coefficient (Wildman–Crippen LogP) is 7.34. The number of rotatable bonds is 4. The van der Waals surface area contributed by atoms with E-state index >= 15 is 0 Å². The number of para-hydroxylation sites is 1. The number of halogens is 1. The zero-order chi connectivity index (χ0) is 24.5. The number of anilines is 1. The monoisotopic (exact) mass is 495 g/mol. The molecule has 1 atom stereocenters. The molecule has 5 heteroatoms. The molecule has 0 spiro atoms. The molecule has 3 aromatic carbocycles. The Labute approximate surface area is 217 Å². The van der Waals surface area contributed by atoms with Gasteiger partial charge in [0.2, 0.25) is 0 Å². The number of benzene rings is 3. The second-order valence-electron chi connectivity index (χ2n) is 9.94. The lowest BCUT2D eigenvalue weighted by molar-refractivity contribution is -0.120. The van der Waals surface area contributed by atoms with Crippen molar-refractivity contribution in [3.63, 3.8) is 0 Å². The molecule has 0 saturated heterocycles. The predicted molar refractivity (Wildman–Crippen MR) is 148 cm³/mol. The molecule has 1 aliphatic heterocycles. The molecule has 1 fully saturated rings. The SMILES string of the molecule is O=C1C(Cc2c[nH]c3ccccc23)N=C(c2ccccc2)c2cc(Cl)ccc2N1C1CCCCCC1. The summed E-state index contributed by atoms with van der Waals surface area (Å²) in [5.41, 5.74) is 5.90. The van der Waals surface area contributed by atoms with Gasteiger partial charge in [-0.1, -0.05) is 85.8 Å². The van der Waals surface area contributed by atoms with Gasteiger partial charge < -0.3 is 9.88 Å². The van der Waals surface area contributed by atoms with E-state index in [2.05, 4.69) is 34.1 Å². The third-order valence-electron chi connectivity index (χ3n) is 7.61. The van der Waals surface area contributed by atoms with Crippen molar-refractivity contribution in [3.8, 4) is 0 Å². The van der Waals surface area contributed by atoms with Gasteiger partial charge in [0, 0.05) is 45.7 Å². The third-order valence-corrected chi connectivity index (χ3v) is 7.84. The van der Waals surface area contributed by atoms with Gasteiger partial charge in [-0.3, -0.25) is 9.79 Å². The lowest BCUT2D eigenvalue weighted by atomic mass is 9.98. The number of nitrogens with one attached hydrogen (secondary N) is 1. The molecule has 36 heavy (non-hydrogen) atoms. The fourth-order valence-electron chi connectivity index (χ4n) is 5.83. The molecule has 1 amide bonds. The van der Waals surface area contributed by atoms with Crippen LogP contribution in [0, 0.1) is 0 Å². The highest BCUT2D eigenvalue weighted by Crippen LogP contribution is 2.36. The Kier molecular flexibility index (Phi) is 6.37. The van der Waals surface area contributed by atoms with Crippen molar-refractivity contribution >= 4 is 39.8 Å². The molecule has 1 saturated carbocycles. The summed E-state index contributed by atoms with van der Waals surface area (Å²) in [4.78, 5) is 25.1. The number of fused-ring (bicyclic) bond motifs is 2. The Morgan fingerprint density at radius 2 is 1.67 bits per heavy atom. The molecule has 1 aromatic heterocycles. The molecule has 1 N–H and O–H groups in total. The Morgan fingerprint density at radius 3 is 2.47 bits per heavy atom. The fourth-order valence-corrected chi connectivity index (χ4v) is 6.00. The number of H-pyrrole nitrogens is 1. The second-order valence-corrected chi connectivity index (χ2v) is 10.4. The Morgan fingerprint density at radius 1 is 0.917 bits per heavy atom. The summed E-state index contributed by atoms with van der Waals surface area (Å²) >= 11 is 6.53. The molecule has 2 heterocycles. The zero-order valence-electron chi connectivity index (χ0n) is 20.3. The number of benzodiazepines with no additional fused rings is 1. The smallest absolute Gasteiger partial charge is 0.252 e. The molecular formula is C31H30ClN3O. The van der Waals surface area contributed by atoms with Crippen LogP contribution in [0.15, 0.2) is 84.0 Å². The standard InChI is InChI=1S/C31H30ClN3O/c32-23-16-17-29-26(19-23)30(21-10-4-3-5-11-21)34-28(18-22-20-33-27-15-9-8-14-25(22)27)31(36)35(29)24-12-6-1-2-7-13-24/h3-5,8-11,14-17,19-20,24,28,33H,1-2,6-7,12-13,18H2. The van der Waals surface area contributed by atoms with Crippen molar-refractivity contribution in [3.05, 3.63) is 101 Å². The van der Waals surface area contributed by atoms with Crippen LogP contribution in [0.1, 0.15) is 55.2 Å². The van der Waals surface area contributed by atoms with E-state index in [9.17, 15) is 4.79 Å². The van der Waals surface area contributed by atoms with E-state index in [0.717, 1.165) is 64.7 Å². The lowest BCUT2D eigenvalue weighted by Crippen LogP contribution is -2.45. The molecule has 4 aromatic rings. The van der Waals surface area contributed by atoms with E-state index in [0.29, 0.717) is 11.4 Å². The summed E-state index contributed by atoms with van der Waals surface area (Å²) in [6.45, 7) is 0. The van der Waals surface area contributed by atoms with Gasteiger partial charge in [-0.25, -0.2) is 0 Å². The second kappa shape index (κ2) is 9.94. The van der Waals surface area contributed by atoms with E-state index in [1.54, 1.807) is 0 Å². The van der Waals surface area contributed by atoms with Crippen LogP contribution in [0.5, 0.6) is 0 Å². The van der Waals surface area contributed by atoms with Crippen molar-refractivity contribution in [2.45, 2.75) is 57.0 Å². The third kappa shape index (κ3) is 4.35. The highest BCUT2D eigenvalue weighted by atomic mass is 35.5. The van der Waals surface area contributed by atoms with Gasteiger partial charge in [-0.15, -0.1) is 0 Å². The molecule has 0 bridgehead atoms. The average molecular weight is 496 g/mol. The number of amides is 1. The van der Waals surface area contributed by atoms with Crippen LogP contribution >= 0.6 is 11.6 Å². The minimum Gasteiger partial charge on any atom is -0.361 e. The van der Waals surface area contributed by atoms with Crippen LogP contribution in [0.2, 0.25) is 5.02 Å². The summed E-state index contributed by atoms with van der Waals surface area (Å²) in [5.74, 6) is 0.0849. The maximum atomic E-state index is 14.4. The Balaban J connectivity index is 1.52. The van der Waals surface area contributed by atoms with Crippen LogP contribution in [-0.4, -0.2) is 28.7 Å². The van der Waals surface area contributed by atoms with Crippen molar-refractivity contribution < 1.29 is 4.79 Å². The molecule has 0 radical (unpaired) electrons. The lowest BCUT2D eigenvalue weighted by Gasteiger charge is -2.33. The zero-order valence-corrected chi connectivity index (χ0v) is 21.0. The first-order valence-electron chi connectivity index (χ1n) is 13.0. The number of hydrogen-bond acceptors (Lipinski definition) is 2. The van der Waals surface area contributed by atoms with E-state index in [4.69, 9.17) is 16.6 Å². The number of hydrogen-bond donors (Lipinski definition) is 1. The summed E-state index contributed by atoms with van der Waals surface area (Å²) in [6.07, 6.45) is 9.38. The Bertz CT molecular complexity index is 1420. The van der Waals surface area contributed by atoms with Crippen LogP contribution < -0.4 is 4.90 Å². The van der Waals surface area contributed by atoms with Crippen LogP contribution in [-0.2, 0) is 11.2 Å². The van der Waals surface area contributed by atoms with Crippen molar-refractivity contribution in [2.75, 3.05) is 4.90 Å². The number of carbonyl (C=O) groups excluding carboxylic acids is 1. The van der Waals surface area contributed by atoms with E-state index in [-0.39, 0.29) is 11.9 Å². The number of aliphatic imine (C=N–C) groups is 1. The summed E-state index contributed by atoms with van der Waals surface area (Å²) in [7, 11) is 0. The number of carbonyl (C=O) groups is 1. The van der Waals surface area contributed by atoms with Crippen molar-refractivity contribution in [1.82, 2.24) is 4.98 Å². The minimum absolute atomic E-state index is 0.0849. The molecule has 6 rings (SSSR count). The van der Waals surface area contributed by atoms with Gasteiger partial charge >= 0.3 is 0 Å². The maximum Gasteiger partial charge on any atom is 0.252 e. The molecule has 182 valence electrons. The first kappa shape index (κ1) is 23.1. The van der Waals surface area contributed by atoms with Gasteiger partial charge in [-0.05, 0) is 42.7 Å². The fraction of sp³-hybridized carbons (Fsp3) is 0.290. The van der Waals surface area contributed by atoms with Gasteiger partial charge in [-0.2, -0.15) is 0 Å². The molecule has 2 aliphatic rings. The highest BCUT2D eigenvalue weighted by Gasteiger charge is 2.36. The van der Waals surface area contributed by atoms with Crippen LogP contribution in [0.3, 0.4) is 0 Å². The molecule has 1 unspecified atom stereocenters. The van der Waals surface area contributed by atoms with Crippen LogP contribution in [0.4, 0.5) is 5.69 Å². The number of aromatic nitrogens is 1. The number of nitrogens with zero attached hydrogens (tertiary/aromatic N) is 2. The van der Waals surface area contributed by atoms with Gasteiger partial charge in [0.05, 0.1) is 11.4 Å². The summed E-state index contributed by atoms with van der Waals surface area (Å²) < 4.78 is 0.